The number of carbonyl (C=O) groups is 1. The minimum atomic E-state index is 0.0625. The van der Waals surface area contributed by atoms with Crippen molar-refractivity contribution in [1.82, 2.24) is 15.2 Å². The second kappa shape index (κ2) is 9.26. The Balaban J connectivity index is 1.23. The number of rotatable bonds is 7. The average molecular weight is 404 g/mol. The van der Waals surface area contributed by atoms with Crippen molar-refractivity contribution in [3.05, 3.63) is 77.3 Å². The van der Waals surface area contributed by atoms with E-state index in [-0.39, 0.29) is 11.9 Å². The van der Waals surface area contributed by atoms with E-state index in [4.69, 9.17) is 4.42 Å². The fourth-order valence-corrected chi connectivity index (χ4v) is 3.91. The van der Waals surface area contributed by atoms with Gasteiger partial charge in [0.05, 0.1) is 6.20 Å². The van der Waals surface area contributed by atoms with E-state index >= 15 is 0 Å². The van der Waals surface area contributed by atoms with Crippen molar-refractivity contribution in [3.8, 4) is 11.3 Å². The van der Waals surface area contributed by atoms with Crippen molar-refractivity contribution in [2.45, 2.75) is 45.7 Å². The highest BCUT2D eigenvalue weighted by Crippen LogP contribution is 2.23. The van der Waals surface area contributed by atoms with Crippen LogP contribution in [0, 0.1) is 13.8 Å². The van der Waals surface area contributed by atoms with Crippen molar-refractivity contribution in [3.63, 3.8) is 0 Å². The van der Waals surface area contributed by atoms with Gasteiger partial charge in [-0.05, 0) is 43.0 Å². The number of hydrogen-bond acceptors (Lipinski definition) is 4. The Morgan fingerprint density at radius 1 is 1.17 bits per heavy atom. The molecule has 5 heteroatoms. The third kappa shape index (κ3) is 5.16. The maximum Gasteiger partial charge on any atom is 0.220 e. The summed E-state index contributed by atoms with van der Waals surface area (Å²) < 4.78 is 5.87. The normalized spacial score (nSPS) is 16.7. The van der Waals surface area contributed by atoms with Gasteiger partial charge in [0.1, 0.15) is 0 Å². The molecule has 0 bridgehead atoms. The number of oxazole rings is 1. The average Bonchev–Trinajstić information content (AvgIpc) is 3.39. The summed E-state index contributed by atoms with van der Waals surface area (Å²) in [5.41, 5.74) is 4.81. The van der Waals surface area contributed by atoms with Gasteiger partial charge in [0.2, 0.25) is 5.91 Å². The van der Waals surface area contributed by atoms with Crippen LogP contribution in [-0.2, 0) is 17.8 Å². The number of aryl methyl sites for hydroxylation is 3. The van der Waals surface area contributed by atoms with E-state index in [1.165, 1.54) is 16.7 Å². The van der Waals surface area contributed by atoms with Gasteiger partial charge in [0.15, 0.2) is 11.7 Å². The van der Waals surface area contributed by atoms with Gasteiger partial charge in [0, 0.05) is 44.1 Å². The summed E-state index contributed by atoms with van der Waals surface area (Å²) in [5, 5.41) is 3.17. The highest BCUT2D eigenvalue weighted by Gasteiger charge is 2.23. The van der Waals surface area contributed by atoms with Crippen LogP contribution in [0.2, 0.25) is 0 Å². The highest BCUT2D eigenvalue weighted by atomic mass is 16.4. The van der Waals surface area contributed by atoms with Crippen LogP contribution >= 0.6 is 0 Å². The molecule has 1 atom stereocenters. The smallest absolute Gasteiger partial charge is 0.220 e. The molecule has 1 aliphatic rings. The molecule has 156 valence electrons. The second-order valence-electron chi connectivity index (χ2n) is 8.19. The second-order valence-corrected chi connectivity index (χ2v) is 8.19. The van der Waals surface area contributed by atoms with E-state index in [1.54, 1.807) is 6.20 Å². The van der Waals surface area contributed by atoms with Crippen LogP contribution in [0.25, 0.3) is 11.3 Å². The molecule has 5 nitrogen and oxygen atoms in total. The zero-order valence-electron chi connectivity index (χ0n) is 17.7. The van der Waals surface area contributed by atoms with Crippen LogP contribution in [0.4, 0.5) is 0 Å². The lowest BCUT2D eigenvalue weighted by atomic mass is 10.1. The number of likely N-dealkylation sites (tertiary alicyclic amines) is 1. The Labute approximate surface area is 178 Å². The van der Waals surface area contributed by atoms with E-state index < -0.39 is 0 Å². The molecule has 1 fully saturated rings. The maximum absolute atomic E-state index is 12.4. The van der Waals surface area contributed by atoms with E-state index in [9.17, 15) is 4.79 Å². The molecule has 1 aliphatic heterocycles. The number of benzene rings is 2. The molecular formula is C25H29N3O2. The Hall–Kier alpha value is -2.92. The van der Waals surface area contributed by atoms with Crippen LogP contribution in [0.5, 0.6) is 0 Å². The summed E-state index contributed by atoms with van der Waals surface area (Å²) >= 11 is 0. The Kier molecular flexibility index (Phi) is 6.29. The summed E-state index contributed by atoms with van der Waals surface area (Å²) in [4.78, 5) is 19.1. The molecule has 1 aromatic heterocycles. The van der Waals surface area contributed by atoms with Crippen LogP contribution in [0.1, 0.15) is 35.4 Å². The molecule has 0 spiro atoms. The number of hydrogen-bond donors (Lipinski definition) is 1. The summed E-state index contributed by atoms with van der Waals surface area (Å²) in [6.45, 7) is 7.03. The standard InChI is InChI=1S/C25H29N3O2/c1-18-8-9-21(14-19(18)2)23-15-26-25(30-23)11-10-24(29)27-22-12-13-28(17-22)16-20-6-4-3-5-7-20/h3-9,14-15,22H,10-13,16-17H2,1-2H3,(H,27,29)/t22-/m1/s1. The Morgan fingerprint density at radius 2 is 2.00 bits per heavy atom. The van der Waals surface area contributed by atoms with E-state index in [1.807, 2.05) is 12.1 Å². The molecule has 2 aromatic carbocycles. The lowest BCUT2D eigenvalue weighted by Gasteiger charge is -2.16. The molecule has 0 radical (unpaired) electrons. The predicted octanol–water partition coefficient (Wildman–Crippen LogP) is 4.28. The van der Waals surface area contributed by atoms with Crippen molar-refractivity contribution in [2.75, 3.05) is 13.1 Å². The topological polar surface area (TPSA) is 58.4 Å². The van der Waals surface area contributed by atoms with Crippen molar-refractivity contribution in [1.29, 1.82) is 0 Å². The number of nitrogens with one attached hydrogen (secondary N) is 1. The first-order valence-electron chi connectivity index (χ1n) is 10.6. The summed E-state index contributed by atoms with van der Waals surface area (Å²) in [7, 11) is 0. The fourth-order valence-electron chi connectivity index (χ4n) is 3.91. The Bertz CT molecular complexity index is 997. The van der Waals surface area contributed by atoms with Gasteiger partial charge < -0.3 is 9.73 Å². The van der Waals surface area contributed by atoms with Crippen molar-refractivity contribution >= 4 is 5.91 Å². The lowest BCUT2D eigenvalue weighted by molar-refractivity contribution is -0.121. The van der Waals surface area contributed by atoms with E-state index in [0.717, 1.165) is 37.4 Å². The van der Waals surface area contributed by atoms with Crippen LogP contribution in [-0.4, -0.2) is 34.9 Å². The highest BCUT2D eigenvalue weighted by molar-refractivity contribution is 5.76. The quantitative estimate of drug-likeness (QED) is 0.640. The molecule has 1 amide bonds. The predicted molar refractivity (Wildman–Crippen MR) is 118 cm³/mol. The van der Waals surface area contributed by atoms with Crippen molar-refractivity contribution < 1.29 is 9.21 Å². The number of amides is 1. The monoisotopic (exact) mass is 403 g/mol. The minimum Gasteiger partial charge on any atom is -0.441 e. The SMILES string of the molecule is Cc1ccc(-c2cnc(CCC(=O)N[C@@H]3CCN(Cc4ccccc4)C3)o2)cc1C. The zero-order valence-corrected chi connectivity index (χ0v) is 17.7. The lowest BCUT2D eigenvalue weighted by Crippen LogP contribution is -2.37. The van der Waals surface area contributed by atoms with Gasteiger partial charge in [-0.1, -0.05) is 42.5 Å². The molecular weight excluding hydrogens is 374 g/mol. The summed E-state index contributed by atoms with van der Waals surface area (Å²) in [6.07, 6.45) is 3.64. The van der Waals surface area contributed by atoms with Gasteiger partial charge in [-0.25, -0.2) is 4.98 Å². The Morgan fingerprint density at radius 3 is 2.80 bits per heavy atom. The first-order valence-corrected chi connectivity index (χ1v) is 10.6. The molecule has 4 rings (SSSR count). The minimum absolute atomic E-state index is 0.0625. The molecule has 1 saturated heterocycles. The van der Waals surface area contributed by atoms with Crippen molar-refractivity contribution in [2.24, 2.45) is 0 Å². The fraction of sp³-hybridized carbons (Fsp3) is 0.360. The molecule has 2 heterocycles. The molecule has 3 aromatic rings. The molecule has 30 heavy (non-hydrogen) atoms. The number of aromatic nitrogens is 1. The van der Waals surface area contributed by atoms with Crippen LogP contribution in [0.15, 0.2) is 59.1 Å². The van der Waals surface area contributed by atoms with Crippen LogP contribution < -0.4 is 5.32 Å². The zero-order chi connectivity index (χ0) is 20.9. The first kappa shape index (κ1) is 20.4. The van der Waals surface area contributed by atoms with E-state index in [2.05, 4.69) is 65.4 Å². The molecule has 0 unspecified atom stereocenters. The largest absolute Gasteiger partial charge is 0.441 e. The van der Waals surface area contributed by atoms with E-state index in [0.29, 0.717) is 18.7 Å². The maximum atomic E-state index is 12.4. The first-order chi connectivity index (χ1) is 14.6. The third-order valence-corrected chi connectivity index (χ3v) is 5.80. The van der Waals surface area contributed by atoms with Gasteiger partial charge in [-0.2, -0.15) is 0 Å². The molecule has 0 saturated carbocycles. The summed E-state index contributed by atoms with van der Waals surface area (Å²) in [5.74, 6) is 1.42. The van der Waals surface area contributed by atoms with Gasteiger partial charge >= 0.3 is 0 Å². The summed E-state index contributed by atoms with van der Waals surface area (Å²) in [6, 6.07) is 16.9. The van der Waals surface area contributed by atoms with Gasteiger partial charge in [-0.3, -0.25) is 9.69 Å². The molecule has 0 aliphatic carbocycles. The van der Waals surface area contributed by atoms with Crippen LogP contribution in [0.3, 0.4) is 0 Å². The number of nitrogens with zero attached hydrogens (tertiary/aromatic N) is 2. The third-order valence-electron chi connectivity index (χ3n) is 5.80. The van der Waals surface area contributed by atoms with Gasteiger partial charge in [0.25, 0.3) is 0 Å². The van der Waals surface area contributed by atoms with Gasteiger partial charge in [-0.15, -0.1) is 0 Å². The molecule has 1 N–H and O–H groups in total. The number of carbonyl (C=O) groups excluding carboxylic acids is 1.